The summed E-state index contributed by atoms with van der Waals surface area (Å²) < 4.78 is 4.83. The predicted molar refractivity (Wildman–Crippen MR) is 60.5 cm³/mol. The Kier molecular flexibility index (Phi) is 3.01. The van der Waals surface area contributed by atoms with Crippen LogP contribution in [0.15, 0.2) is 24.3 Å². The number of nitrogens with zero attached hydrogens (tertiary/aromatic N) is 2. The Balaban J connectivity index is 2.56. The SMILES string of the molecule is CCOC(=O)c1nnc2ccccc2c1Cl. The molecule has 2 aromatic rings. The molecular weight excluding hydrogens is 228 g/mol. The molecule has 0 N–H and O–H groups in total. The first kappa shape index (κ1) is 10.8. The normalized spacial score (nSPS) is 10.4. The molecule has 2 rings (SSSR count). The molecule has 82 valence electrons. The maximum absolute atomic E-state index is 11.5. The van der Waals surface area contributed by atoms with Crippen LogP contribution >= 0.6 is 11.6 Å². The minimum absolute atomic E-state index is 0.0576. The van der Waals surface area contributed by atoms with Crippen molar-refractivity contribution < 1.29 is 9.53 Å². The molecule has 0 spiro atoms. The van der Waals surface area contributed by atoms with Crippen LogP contribution in [-0.4, -0.2) is 22.8 Å². The highest BCUT2D eigenvalue weighted by Gasteiger charge is 2.16. The van der Waals surface area contributed by atoms with E-state index in [2.05, 4.69) is 10.2 Å². The van der Waals surface area contributed by atoms with Gasteiger partial charge in [-0.15, -0.1) is 10.2 Å². The molecule has 1 aromatic heterocycles. The summed E-state index contributed by atoms with van der Waals surface area (Å²) in [5, 5.41) is 8.66. The zero-order chi connectivity index (χ0) is 11.5. The smallest absolute Gasteiger partial charge is 0.360 e. The van der Waals surface area contributed by atoms with Gasteiger partial charge in [-0.2, -0.15) is 0 Å². The van der Waals surface area contributed by atoms with E-state index in [1.807, 2.05) is 12.1 Å². The number of hydrogen-bond donors (Lipinski definition) is 0. The number of aromatic nitrogens is 2. The fourth-order valence-corrected chi connectivity index (χ4v) is 1.63. The third-order valence-electron chi connectivity index (χ3n) is 2.07. The van der Waals surface area contributed by atoms with Gasteiger partial charge in [0.2, 0.25) is 0 Å². The van der Waals surface area contributed by atoms with Crippen LogP contribution in [0.4, 0.5) is 0 Å². The highest BCUT2D eigenvalue weighted by Crippen LogP contribution is 2.24. The second kappa shape index (κ2) is 4.45. The quantitative estimate of drug-likeness (QED) is 0.752. The van der Waals surface area contributed by atoms with Crippen molar-refractivity contribution in [1.29, 1.82) is 0 Å². The average Bonchev–Trinajstić information content (AvgIpc) is 2.30. The summed E-state index contributed by atoms with van der Waals surface area (Å²) in [7, 11) is 0. The summed E-state index contributed by atoms with van der Waals surface area (Å²) in [6, 6.07) is 7.22. The lowest BCUT2D eigenvalue weighted by Crippen LogP contribution is -2.09. The van der Waals surface area contributed by atoms with Gasteiger partial charge in [-0.25, -0.2) is 4.79 Å². The van der Waals surface area contributed by atoms with Crippen LogP contribution < -0.4 is 0 Å². The Labute approximate surface area is 97.2 Å². The Bertz CT molecular complexity index is 542. The Morgan fingerprint density at radius 1 is 1.38 bits per heavy atom. The highest BCUT2D eigenvalue weighted by molar-refractivity contribution is 6.37. The van der Waals surface area contributed by atoms with Crippen molar-refractivity contribution in [3.63, 3.8) is 0 Å². The van der Waals surface area contributed by atoms with Gasteiger partial charge in [-0.3, -0.25) is 0 Å². The summed E-state index contributed by atoms with van der Waals surface area (Å²) in [5.74, 6) is -0.550. The number of esters is 1. The molecule has 16 heavy (non-hydrogen) atoms. The number of hydrogen-bond acceptors (Lipinski definition) is 4. The van der Waals surface area contributed by atoms with Crippen LogP contribution in [0, 0.1) is 0 Å². The first-order valence-corrected chi connectivity index (χ1v) is 5.20. The lowest BCUT2D eigenvalue weighted by atomic mass is 10.2. The van der Waals surface area contributed by atoms with Gasteiger partial charge in [0, 0.05) is 5.39 Å². The average molecular weight is 237 g/mol. The first-order valence-electron chi connectivity index (χ1n) is 4.82. The molecule has 0 fully saturated rings. The number of ether oxygens (including phenoxy) is 1. The van der Waals surface area contributed by atoms with Crippen molar-refractivity contribution in [2.75, 3.05) is 6.61 Å². The van der Waals surface area contributed by atoms with Gasteiger partial charge in [-0.1, -0.05) is 29.8 Å². The Morgan fingerprint density at radius 3 is 2.88 bits per heavy atom. The molecule has 0 aliphatic heterocycles. The lowest BCUT2D eigenvalue weighted by molar-refractivity contribution is 0.0518. The van der Waals surface area contributed by atoms with E-state index >= 15 is 0 Å². The van der Waals surface area contributed by atoms with Gasteiger partial charge in [0.25, 0.3) is 0 Å². The molecule has 1 heterocycles. The van der Waals surface area contributed by atoms with E-state index in [0.717, 1.165) is 0 Å². The molecule has 0 aliphatic rings. The fraction of sp³-hybridized carbons (Fsp3) is 0.182. The summed E-state index contributed by atoms with van der Waals surface area (Å²) in [6.45, 7) is 2.00. The van der Waals surface area contributed by atoms with E-state index < -0.39 is 5.97 Å². The summed E-state index contributed by atoms with van der Waals surface area (Å²) in [4.78, 5) is 11.5. The molecule has 4 nitrogen and oxygen atoms in total. The van der Waals surface area contributed by atoms with E-state index in [-0.39, 0.29) is 17.3 Å². The minimum atomic E-state index is -0.550. The van der Waals surface area contributed by atoms with E-state index in [9.17, 15) is 4.79 Å². The Morgan fingerprint density at radius 2 is 2.12 bits per heavy atom. The van der Waals surface area contributed by atoms with Crippen molar-refractivity contribution in [2.45, 2.75) is 6.92 Å². The zero-order valence-corrected chi connectivity index (χ0v) is 9.36. The third kappa shape index (κ3) is 1.84. The van der Waals surface area contributed by atoms with E-state index in [0.29, 0.717) is 10.9 Å². The largest absolute Gasteiger partial charge is 0.461 e. The molecule has 0 saturated heterocycles. The van der Waals surface area contributed by atoms with Crippen LogP contribution in [0.25, 0.3) is 10.9 Å². The molecule has 1 aromatic carbocycles. The number of carbonyl (C=O) groups excluding carboxylic acids is 1. The van der Waals surface area contributed by atoms with Crippen molar-refractivity contribution in [1.82, 2.24) is 10.2 Å². The molecule has 0 amide bonds. The molecule has 0 radical (unpaired) electrons. The summed E-state index contributed by atoms with van der Waals surface area (Å²) in [6.07, 6.45) is 0. The van der Waals surface area contributed by atoms with Crippen molar-refractivity contribution in [2.24, 2.45) is 0 Å². The molecule has 0 atom stereocenters. The van der Waals surface area contributed by atoms with Crippen molar-refractivity contribution in [3.05, 3.63) is 35.0 Å². The standard InChI is InChI=1S/C11H9ClN2O2/c1-2-16-11(15)10-9(12)7-5-3-4-6-8(7)13-14-10/h3-6H,2H2,1H3. The van der Waals surface area contributed by atoms with Crippen LogP contribution in [0.3, 0.4) is 0 Å². The maximum Gasteiger partial charge on any atom is 0.360 e. The number of rotatable bonds is 2. The van der Waals surface area contributed by atoms with Crippen molar-refractivity contribution >= 4 is 28.5 Å². The molecule has 0 unspecified atom stereocenters. The number of fused-ring (bicyclic) bond motifs is 1. The number of halogens is 1. The van der Waals surface area contributed by atoms with E-state index in [4.69, 9.17) is 16.3 Å². The molecule has 0 aliphatic carbocycles. The molecule has 5 heteroatoms. The molecular formula is C11H9ClN2O2. The molecule has 0 saturated carbocycles. The topological polar surface area (TPSA) is 52.1 Å². The van der Waals surface area contributed by atoms with Crippen molar-refractivity contribution in [3.8, 4) is 0 Å². The third-order valence-corrected chi connectivity index (χ3v) is 2.46. The first-order chi connectivity index (χ1) is 7.74. The lowest BCUT2D eigenvalue weighted by Gasteiger charge is -2.04. The Hall–Kier alpha value is -1.68. The minimum Gasteiger partial charge on any atom is -0.461 e. The van der Waals surface area contributed by atoms with Gasteiger partial charge in [0.1, 0.15) is 0 Å². The number of carbonyl (C=O) groups is 1. The van der Waals surface area contributed by atoms with Gasteiger partial charge >= 0.3 is 5.97 Å². The second-order valence-corrected chi connectivity index (χ2v) is 3.48. The summed E-state index contributed by atoms with van der Waals surface area (Å²) >= 11 is 6.07. The predicted octanol–water partition coefficient (Wildman–Crippen LogP) is 2.46. The van der Waals surface area contributed by atoms with E-state index in [1.54, 1.807) is 19.1 Å². The monoisotopic (exact) mass is 236 g/mol. The second-order valence-electron chi connectivity index (χ2n) is 3.10. The van der Waals surface area contributed by atoms with Crippen LogP contribution in [0.2, 0.25) is 5.02 Å². The van der Waals surface area contributed by atoms with Crippen LogP contribution in [0.1, 0.15) is 17.4 Å². The van der Waals surface area contributed by atoms with Gasteiger partial charge in [0.15, 0.2) is 5.69 Å². The van der Waals surface area contributed by atoms with Gasteiger partial charge in [0.05, 0.1) is 17.1 Å². The fourth-order valence-electron chi connectivity index (χ4n) is 1.35. The van der Waals surface area contributed by atoms with E-state index in [1.165, 1.54) is 0 Å². The molecule has 0 bridgehead atoms. The zero-order valence-electron chi connectivity index (χ0n) is 8.61. The van der Waals surface area contributed by atoms with Gasteiger partial charge < -0.3 is 4.74 Å². The van der Waals surface area contributed by atoms with Gasteiger partial charge in [-0.05, 0) is 13.0 Å². The van der Waals surface area contributed by atoms with Crippen LogP contribution in [0.5, 0.6) is 0 Å². The van der Waals surface area contributed by atoms with Crippen LogP contribution in [-0.2, 0) is 4.74 Å². The highest BCUT2D eigenvalue weighted by atomic mass is 35.5. The number of benzene rings is 1. The maximum atomic E-state index is 11.5. The summed E-state index contributed by atoms with van der Waals surface area (Å²) in [5.41, 5.74) is 0.711.